The Morgan fingerprint density at radius 3 is 2.75 bits per heavy atom. The van der Waals surface area contributed by atoms with Gasteiger partial charge in [-0.2, -0.15) is 0 Å². The van der Waals surface area contributed by atoms with Crippen molar-refractivity contribution >= 4 is 5.78 Å². The van der Waals surface area contributed by atoms with Crippen LogP contribution in [-0.2, 0) is 4.79 Å². The Morgan fingerprint density at radius 1 is 1.44 bits per heavy atom. The molecule has 16 heavy (non-hydrogen) atoms. The number of carbonyl (C=O) groups excluding carboxylic acids is 1. The van der Waals surface area contributed by atoms with E-state index < -0.39 is 0 Å². The van der Waals surface area contributed by atoms with Crippen LogP contribution in [-0.4, -0.2) is 31.4 Å². The van der Waals surface area contributed by atoms with Gasteiger partial charge in [-0.1, -0.05) is 18.2 Å². The van der Waals surface area contributed by atoms with Gasteiger partial charge in [-0.25, -0.2) is 0 Å². The lowest BCUT2D eigenvalue weighted by Crippen LogP contribution is -2.21. The highest BCUT2D eigenvalue weighted by molar-refractivity contribution is 5.88. The smallest absolute Gasteiger partial charge is 0.155 e. The van der Waals surface area contributed by atoms with Crippen LogP contribution in [0.4, 0.5) is 0 Å². The molecule has 0 bridgehead atoms. The largest absolute Gasteiger partial charge is 0.496 e. The first kappa shape index (κ1) is 11.1. The highest BCUT2D eigenvalue weighted by atomic mass is 16.5. The van der Waals surface area contributed by atoms with Crippen LogP contribution in [0, 0.1) is 6.92 Å². The van der Waals surface area contributed by atoms with E-state index in [-0.39, 0.29) is 11.8 Å². The molecule has 3 nitrogen and oxygen atoms in total. The summed E-state index contributed by atoms with van der Waals surface area (Å²) >= 11 is 0. The number of hydrogen-bond acceptors (Lipinski definition) is 3. The fourth-order valence-electron chi connectivity index (χ4n) is 2.38. The van der Waals surface area contributed by atoms with E-state index in [0.29, 0.717) is 6.42 Å². The van der Waals surface area contributed by atoms with E-state index in [0.717, 1.165) is 23.4 Å². The lowest BCUT2D eigenvalue weighted by atomic mass is 10.00. The van der Waals surface area contributed by atoms with Gasteiger partial charge in [0.1, 0.15) is 5.75 Å². The van der Waals surface area contributed by atoms with Gasteiger partial charge in [0.2, 0.25) is 0 Å². The van der Waals surface area contributed by atoms with Crippen LogP contribution >= 0.6 is 0 Å². The number of carbonyl (C=O) groups is 1. The number of ketones is 1. The number of Topliss-reactive ketones (excluding diaryl/α,β-unsaturated/α-hetero) is 1. The van der Waals surface area contributed by atoms with Crippen molar-refractivity contribution in [2.24, 2.45) is 0 Å². The minimum absolute atomic E-state index is 0.130. The third kappa shape index (κ3) is 1.71. The number of ether oxygens (including phenoxy) is 1. The van der Waals surface area contributed by atoms with Crippen LogP contribution in [0.15, 0.2) is 18.2 Å². The van der Waals surface area contributed by atoms with Crippen molar-refractivity contribution in [2.75, 3.05) is 20.7 Å². The van der Waals surface area contributed by atoms with Gasteiger partial charge in [-0.05, 0) is 19.5 Å². The molecular weight excluding hydrogens is 202 g/mol. The number of likely N-dealkylation sites (tertiary alicyclic amines) is 1. The average Bonchev–Trinajstić information content (AvgIpc) is 2.58. The zero-order valence-corrected chi connectivity index (χ0v) is 9.99. The van der Waals surface area contributed by atoms with Gasteiger partial charge >= 0.3 is 0 Å². The summed E-state index contributed by atoms with van der Waals surface area (Å²) in [6.07, 6.45) is 0.637. The molecule has 1 heterocycles. The number of hydrogen-bond donors (Lipinski definition) is 0. The molecule has 0 aromatic heterocycles. The van der Waals surface area contributed by atoms with Crippen molar-refractivity contribution in [3.63, 3.8) is 0 Å². The topological polar surface area (TPSA) is 29.5 Å². The van der Waals surface area contributed by atoms with Crippen molar-refractivity contribution in [1.29, 1.82) is 0 Å². The van der Waals surface area contributed by atoms with Crippen molar-refractivity contribution < 1.29 is 9.53 Å². The number of benzene rings is 1. The summed E-state index contributed by atoms with van der Waals surface area (Å²) in [5.74, 6) is 1.13. The van der Waals surface area contributed by atoms with Gasteiger partial charge in [0.25, 0.3) is 0 Å². The predicted molar refractivity (Wildman–Crippen MR) is 62.7 cm³/mol. The molecule has 1 aliphatic rings. The average molecular weight is 219 g/mol. The van der Waals surface area contributed by atoms with Crippen LogP contribution < -0.4 is 4.74 Å². The van der Waals surface area contributed by atoms with E-state index in [2.05, 4.69) is 4.90 Å². The molecule has 1 unspecified atom stereocenters. The van der Waals surface area contributed by atoms with Crippen LogP contribution in [0.3, 0.4) is 0 Å². The summed E-state index contributed by atoms with van der Waals surface area (Å²) in [7, 11) is 3.64. The SMILES string of the molecule is COc1c(C)cccc1C1C(=O)CCN1C. The first-order valence-corrected chi connectivity index (χ1v) is 5.51. The molecule has 1 fully saturated rings. The van der Waals surface area contributed by atoms with E-state index in [4.69, 9.17) is 4.74 Å². The van der Waals surface area contributed by atoms with E-state index >= 15 is 0 Å². The normalized spacial score (nSPS) is 21.4. The molecule has 0 aliphatic carbocycles. The Labute approximate surface area is 96.0 Å². The Bertz CT molecular complexity index is 414. The number of likely N-dealkylation sites (N-methyl/N-ethyl adjacent to an activating group) is 1. The summed E-state index contributed by atoms with van der Waals surface area (Å²) in [4.78, 5) is 14.0. The molecule has 2 rings (SSSR count). The quantitative estimate of drug-likeness (QED) is 0.761. The minimum atomic E-state index is -0.130. The van der Waals surface area contributed by atoms with E-state index in [9.17, 15) is 4.79 Å². The van der Waals surface area contributed by atoms with E-state index in [1.165, 1.54) is 0 Å². The summed E-state index contributed by atoms with van der Waals surface area (Å²) < 4.78 is 5.41. The number of para-hydroxylation sites is 1. The van der Waals surface area contributed by atoms with Crippen LogP contribution in [0.1, 0.15) is 23.6 Å². The van der Waals surface area contributed by atoms with E-state index in [1.807, 2.05) is 32.2 Å². The molecule has 0 N–H and O–H groups in total. The third-order valence-corrected chi connectivity index (χ3v) is 3.20. The van der Waals surface area contributed by atoms with Gasteiger partial charge < -0.3 is 4.74 Å². The molecule has 0 saturated carbocycles. The molecule has 1 aromatic rings. The van der Waals surface area contributed by atoms with Crippen molar-refractivity contribution in [3.8, 4) is 5.75 Å². The highest BCUT2D eigenvalue weighted by Gasteiger charge is 2.33. The van der Waals surface area contributed by atoms with Gasteiger partial charge in [-0.15, -0.1) is 0 Å². The number of aryl methyl sites for hydroxylation is 1. The summed E-state index contributed by atoms with van der Waals surface area (Å²) in [5, 5.41) is 0. The van der Waals surface area contributed by atoms with E-state index in [1.54, 1.807) is 7.11 Å². The second-order valence-electron chi connectivity index (χ2n) is 4.30. The van der Waals surface area contributed by atoms with Crippen molar-refractivity contribution in [3.05, 3.63) is 29.3 Å². The van der Waals surface area contributed by atoms with Gasteiger partial charge in [0.15, 0.2) is 5.78 Å². The molecule has 86 valence electrons. The second-order valence-corrected chi connectivity index (χ2v) is 4.30. The molecule has 0 spiro atoms. The fourth-order valence-corrected chi connectivity index (χ4v) is 2.38. The summed E-state index contributed by atoms with van der Waals surface area (Å²) in [6.45, 7) is 2.84. The molecule has 3 heteroatoms. The third-order valence-electron chi connectivity index (χ3n) is 3.20. The molecule has 0 radical (unpaired) electrons. The molecule has 1 aliphatic heterocycles. The Balaban J connectivity index is 2.47. The maximum Gasteiger partial charge on any atom is 0.155 e. The fraction of sp³-hybridized carbons (Fsp3) is 0.462. The number of rotatable bonds is 2. The van der Waals surface area contributed by atoms with Crippen molar-refractivity contribution in [1.82, 2.24) is 4.90 Å². The maximum absolute atomic E-state index is 11.9. The zero-order chi connectivity index (χ0) is 11.7. The molecular formula is C13H17NO2. The number of nitrogens with zero attached hydrogens (tertiary/aromatic N) is 1. The van der Waals surface area contributed by atoms with Gasteiger partial charge in [0, 0.05) is 18.5 Å². The predicted octanol–water partition coefficient (Wildman–Crippen LogP) is 1.95. The number of methoxy groups -OCH3 is 1. The highest BCUT2D eigenvalue weighted by Crippen LogP contribution is 2.35. The monoisotopic (exact) mass is 219 g/mol. The first-order valence-electron chi connectivity index (χ1n) is 5.51. The zero-order valence-electron chi connectivity index (χ0n) is 9.99. The Morgan fingerprint density at radius 2 is 2.19 bits per heavy atom. The molecule has 0 amide bonds. The second kappa shape index (κ2) is 4.26. The molecule has 1 aromatic carbocycles. The van der Waals surface area contributed by atoms with Gasteiger partial charge in [0.05, 0.1) is 13.2 Å². The van der Waals surface area contributed by atoms with Crippen molar-refractivity contribution in [2.45, 2.75) is 19.4 Å². The standard InChI is InChI=1S/C13H17NO2/c1-9-5-4-6-10(13(9)16-3)12-11(15)7-8-14(12)2/h4-6,12H,7-8H2,1-3H3. The molecule has 1 saturated heterocycles. The minimum Gasteiger partial charge on any atom is -0.496 e. The Hall–Kier alpha value is -1.35. The lowest BCUT2D eigenvalue weighted by molar-refractivity contribution is -0.119. The van der Waals surface area contributed by atoms with Gasteiger partial charge in [-0.3, -0.25) is 9.69 Å². The van der Waals surface area contributed by atoms with Crippen LogP contribution in [0.25, 0.3) is 0 Å². The summed E-state index contributed by atoms with van der Waals surface area (Å²) in [5.41, 5.74) is 2.07. The van der Waals surface area contributed by atoms with Crippen LogP contribution in [0.2, 0.25) is 0 Å². The van der Waals surface area contributed by atoms with Crippen LogP contribution in [0.5, 0.6) is 5.75 Å². The maximum atomic E-state index is 11.9. The lowest BCUT2D eigenvalue weighted by Gasteiger charge is -2.21. The first-order chi connectivity index (χ1) is 7.65. The molecule has 1 atom stereocenters. The Kier molecular flexibility index (Phi) is 2.97. The summed E-state index contributed by atoms with van der Waals surface area (Å²) in [6, 6.07) is 5.83.